The molecule has 34 heavy (non-hydrogen) atoms. The highest BCUT2D eigenvalue weighted by atomic mass is 16.5. The van der Waals surface area contributed by atoms with Crippen molar-refractivity contribution >= 4 is 11.8 Å². The third-order valence-corrected chi connectivity index (χ3v) is 6.68. The first-order valence-corrected chi connectivity index (χ1v) is 11.6. The molecule has 10 nitrogen and oxygen atoms in total. The van der Waals surface area contributed by atoms with Crippen molar-refractivity contribution in [2.24, 2.45) is 0 Å². The van der Waals surface area contributed by atoms with Crippen molar-refractivity contribution in [3.05, 3.63) is 34.9 Å². The second-order valence-corrected chi connectivity index (χ2v) is 8.82. The highest BCUT2D eigenvalue weighted by molar-refractivity contribution is 5.96. The number of carbonyl (C=O) groups is 2. The summed E-state index contributed by atoms with van der Waals surface area (Å²) in [5.74, 6) is -0.537. The van der Waals surface area contributed by atoms with Gasteiger partial charge in [0.2, 0.25) is 11.8 Å². The molecule has 0 spiro atoms. The van der Waals surface area contributed by atoms with E-state index in [9.17, 15) is 24.9 Å². The van der Waals surface area contributed by atoms with Crippen molar-refractivity contribution < 1.29 is 39.1 Å². The Labute approximate surface area is 198 Å². The summed E-state index contributed by atoms with van der Waals surface area (Å²) in [6.45, 7) is 1.94. The van der Waals surface area contributed by atoms with Crippen LogP contribution in [0, 0.1) is 0 Å². The molecule has 1 saturated heterocycles. The Kier molecular flexibility index (Phi) is 7.42. The van der Waals surface area contributed by atoms with Gasteiger partial charge in [0.05, 0.1) is 38.4 Å². The van der Waals surface area contributed by atoms with Gasteiger partial charge in [0.15, 0.2) is 11.5 Å². The fourth-order valence-corrected chi connectivity index (χ4v) is 5.09. The van der Waals surface area contributed by atoms with Crippen molar-refractivity contribution in [3.8, 4) is 11.5 Å². The lowest BCUT2D eigenvalue weighted by atomic mass is 9.77. The molecule has 0 bridgehead atoms. The average Bonchev–Trinajstić information content (AvgIpc) is 3.49. The third-order valence-electron chi connectivity index (χ3n) is 6.68. The fraction of sp³-hybridized carbons (Fsp3) is 0.583. The average molecular weight is 477 g/mol. The van der Waals surface area contributed by atoms with Gasteiger partial charge in [0.25, 0.3) is 0 Å². The lowest BCUT2D eigenvalue weighted by Crippen LogP contribution is -2.56. The molecule has 1 aromatic carbocycles. The van der Waals surface area contributed by atoms with Gasteiger partial charge in [0, 0.05) is 37.8 Å². The van der Waals surface area contributed by atoms with Gasteiger partial charge < -0.3 is 39.7 Å². The number of nitrogens with zero attached hydrogens (tertiary/aromatic N) is 1. The molecule has 0 saturated carbocycles. The molecule has 4 N–H and O–H groups in total. The Hall–Kier alpha value is -2.66. The number of benzene rings is 1. The molecular weight excluding hydrogens is 444 g/mol. The summed E-state index contributed by atoms with van der Waals surface area (Å²) >= 11 is 0. The third kappa shape index (κ3) is 4.50. The van der Waals surface area contributed by atoms with Crippen LogP contribution in [0.1, 0.15) is 36.8 Å². The molecule has 4 rings (SSSR count). The molecule has 0 aromatic heterocycles. The zero-order chi connectivity index (χ0) is 24.4. The predicted molar refractivity (Wildman–Crippen MR) is 120 cm³/mol. The molecule has 0 unspecified atom stereocenters. The first-order valence-electron chi connectivity index (χ1n) is 11.6. The summed E-state index contributed by atoms with van der Waals surface area (Å²) in [5.41, 5.74) is 1.52. The van der Waals surface area contributed by atoms with Crippen molar-refractivity contribution in [3.63, 3.8) is 0 Å². The van der Waals surface area contributed by atoms with Gasteiger partial charge in [-0.2, -0.15) is 0 Å². The first-order chi connectivity index (χ1) is 16.4. The molecule has 3 aliphatic rings. The van der Waals surface area contributed by atoms with E-state index in [1.807, 2.05) is 0 Å². The Morgan fingerprint density at radius 3 is 2.71 bits per heavy atom. The number of rotatable bonds is 8. The lowest BCUT2D eigenvalue weighted by molar-refractivity contribution is -0.137. The summed E-state index contributed by atoms with van der Waals surface area (Å²) < 4.78 is 17.3. The molecule has 2 aliphatic heterocycles. The van der Waals surface area contributed by atoms with Crippen molar-refractivity contribution in [2.75, 3.05) is 33.4 Å². The number of methoxy groups -OCH3 is 1. The largest absolute Gasteiger partial charge is 0.493 e. The Bertz CT molecular complexity index is 959. The minimum atomic E-state index is -1.13. The summed E-state index contributed by atoms with van der Waals surface area (Å²) in [5, 5.41) is 33.0. The SMILES string of the molecule is COc1cc(CO)cc2c1O[C@@H]1[C@@H](O)[C@H](N(C[C@@H]3CCCO3)C(C)=O)C=C(C(=O)NCCO)[C@H]21. The van der Waals surface area contributed by atoms with Gasteiger partial charge in [-0.25, -0.2) is 0 Å². The van der Waals surface area contributed by atoms with Gasteiger partial charge in [-0.15, -0.1) is 0 Å². The summed E-state index contributed by atoms with van der Waals surface area (Å²) in [4.78, 5) is 27.3. The van der Waals surface area contributed by atoms with Gasteiger partial charge in [-0.3, -0.25) is 9.59 Å². The molecule has 1 fully saturated rings. The fourth-order valence-electron chi connectivity index (χ4n) is 5.09. The van der Waals surface area contributed by atoms with Crippen LogP contribution < -0.4 is 14.8 Å². The number of ether oxygens (including phenoxy) is 3. The van der Waals surface area contributed by atoms with Crippen LogP contribution in [0.3, 0.4) is 0 Å². The Morgan fingerprint density at radius 2 is 2.09 bits per heavy atom. The molecule has 5 atom stereocenters. The van der Waals surface area contributed by atoms with Crippen LogP contribution in [0.25, 0.3) is 0 Å². The molecule has 1 aliphatic carbocycles. The number of aliphatic hydroxyl groups excluding tert-OH is 3. The molecule has 186 valence electrons. The minimum absolute atomic E-state index is 0.0564. The smallest absolute Gasteiger partial charge is 0.247 e. The molecule has 2 amide bonds. The topological polar surface area (TPSA) is 138 Å². The second-order valence-electron chi connectivity index (χ2n) is 8.82. The normalized spacial score (nSPS) is 27.3. The van der Waals surface area contributed by atoms with Crippen LogP contribution in [0.5, 0.6) is 11.5 Å². The number of hydrogen-bond acceptors (Lipinski definition) is 8. The van der Waals surface area contributed by atoms with E-state index in [2.05, 4.69) is 5.32 Å². The highest BCUT2D eigenvalue weighted by Crippen LogP contribution is 2.51. The van der Waals surface area contributed by atoms with Crippen LogP contribution >= 0.6 is 0 Å². The molecular formula is C24H32N2O8. The number of fused-ring (bicyclic) bond motifs is 3. The number of nitrogens with one attached hydrogen (secondary N) is 1. The van der Waals surface area contributed by atoms with E-state index in [4.69, 9.17) is 14.2 Å². The van der Waals surface area contributed by atoms with Gasteiger partial charge in [-0.05, 0) is 36.6 Å². The van der Waals surface area contributed by atoms with Gasteiger partial charge in [-0.1, -0.05) is 0 Å². The van der Waals surface area contributed by atoms with Crippen LogP contribution in [0.4, 0.5) is 0 Å². The highest BCUT2D eigenvalue weighted by Gasteiger charge is 2.51. The van der Waals surface area contributed by atoms with E-state index in [-0.39, 0.29) is 31.8 Å². The number of hydrogen-bond donors (Lipinski definition) is 4. The maximum Gasteiger partial charge on any atom is 0.247 e. The molecule has 2 heterocycles. The number of amides is 2. The van der Waals surface area contributed by atoms with E-state index in [1.165, 1.54) is 18.9 Å². The molecule has 10 heteroatoms. The number of aliphatic hydroxyl groups is 3. The Morgan fingerprint density at radius 1 is 1.29 bits per heavy atom. The van der Waals surface area contributed by atoms with E-state index in [1.54, 1.807) is 18.2 Å². The first kappa shape index (κ1) is 24.5. The quantitative estimate of drug-likeness (QED) is 0.406. The van der Waals surface area contributed by atoms with E-state index in [0.717, 1.165) is 12.8 Å². The van der Waals surface area contributed by atoms with Gasteiger partial charge >= 0.3 is 0 Å². The zero-order valence-corrected chi connectivity index (χ0v) is 19.4. The maximum absolute atomic E-state index is 13.2. The summed E-state index contributed by atoms with van der Waals surface area (Å²) in [6, 6.07) is 2.57. The summed E-state index contributed by atoms with van der Waals surface area (Å²) in [7, 11) is 1.48. The van der Waals surface area contributed by atoms with Crippen LogP contribution in [-0.4, -0.2) is 89.8 Å². The Balaban J connectivity index is 1.77. The maximum atomic E-state index is 13.2. The van der Waals surface area contributed by atoms with E-state index >= 15 is 0 Å². The zero-order valence-electron chi connectivity index (χ0n) is 19.4. The lowest BCUT2D eigenvalue weighted by Gasteiger charge is -2.41. The van der Waals surface area contributed by atoms with Crippen molar-refractivity contribution in [2.45, 2.75) is 56.6 Å². The van der Waals surface area contributed by atoms with Crippen molar-refractivity contribution in [1.29, 1.82) is 0 Å². The molecule has 1 aromatic rings. The van der Waals surface area contributed by atoms with Crippen LogP contribution in [0.2, 0.25) is 0 Å². The van der Waals surface area contributed by atoms with E-state index < -0.39 is 30.1 Å². The summed E-state index contributed by atoms with van der Waals surface area (Å²) in [6.07, 6.45) is 1.22. The number of carbonyl (C=O) groups excluding carboxylic acids is 2. The monoisotopic (exact) mass is 476 g/mol. The second kappa shape index (κ2) is 10.3. The standard InChI is InChI=1S/C24H32N2O8/c1-13(29)26(11-15-4-3-7-33-15)18-10-17(24(31)25-5-6-27)20-16-8-14(12-28)9-19(32-2)22(16)34-23(20)21(18)30/h8-10,15,18,20-21,23,27-28,30H,3-7,11-12H2,1-2H3,(H,25,31)/t15-,18+,20-,21-,23-/m0/s1. The molecule has 0 radical (unpaired) electrons. The van der Waals surface area contributed by atoms with Crippen LogP contribution in [0.15, 0.2) is 23.8 Å². The predicted octanol–water partition coefficient (Wildman–Crippen LogP) is -0.162. The van der Waals surface area contributed by atoms with Crippen LogP contribution in [-0.2, 0) is 20.9 Å². The van der Waals surface area contributed by atoms with Crippen molar-refractivity contribution in [1.82, 2.24) is 10.2 Å². The minimum Gasteiger partial charge on any atom is -0.493 e. The van der Waals surface area contributed by atoms with Gasteiger partial charge in [0.1, 0.15) is 12.2 Å². The van der Waals surface area contributed by atoms with E-state index in [0.29, 0.717) is 41.4 Å².